The van der Waals surface area contributed by atoms with Crippen LogP contribution in [0.2, 0.25) is 0 Å². The average molecular weight is 449 g/mol. The molecule has 1 saturated heterocycles. The van der Waals surface area contributed by atoms with E-state index in [-0.39, 0.29) is 12.0 Å². The van der Waals surface area contributed by atoms with Gasteiger partial charge in [-0.1, -0.05) is 45.6 Å². The van der Waals surface area contributed by atoms with Gasteiger partial charge in [0.1, 0.15) is 19.3 Å². The fraction of sp³-hybridized carbons (Fsp3) is 0.720. The van der Waals surface area contributed by atoms with Crippen LogP contribution in [-0.2, 0) is 9.53 Å². The standard InChI is InChI=1S/C25H40N2O5/c1-3-5-6-7-8-9-24(28)26-21(18-27-16-20(17-27)30-12-4-2)25(29)19-10-11-22-23(15-19)32-14-13-31-22/h10-11,15,20-21,25,29H,3-9,12-14,16-18H2,1-2H3,(H,26,28)/t21-,25-/m1/s1. The lowest BCUT2D eigenvalue weighted by Gasteiger charge is -2.41. The summed E-state index contributed by atoms with van der Waals surface area (Å²) in [6.45, 7) is 8.34. The first-order valence-electron chi connectivity index (χ1n) is 12.3. The first-order chi connectivity index (χ1) is 15.6. The fourth-order valence-electron chi connectivity index (χ4n) is 4.21. The predicted octanol–water partition coefficient (Wildman–Crippen LogP) is 3.45. The minimum absolute atomic E-state index is 0.00222. The summed E-state index contributed by atoms with van der Waals surface area (Å²) in [5.74, 6) is 1.34. The third kappa shape index (κ3) is 7.36. The van der Waals surface area contributed by atoms with Gasteiger partial charge in [0.2, 0.25) is 5.91 Å². The number of unbranched alkanes of at least 4 members (excludes halogenated alkanes) is 4. The van der Waals surface area contributed by atoms with Gasteiger partial charge in [0.15, 0.2) is 11.5 Å². The summed E-state index contributed by atoms with van der Waals surface area (Å²) in [5.41, 5.74) is 0.724. The number of hydrogen-bond donors (Lipinski definition) is 2. The molecule has 180 valence electrons. The molecule has 2 aliphatic heterocycles. The lowest BCUT2D eigenvalue weighted by atomic mass is 9.99. The van der Waals surface area contributed by atoms with Gasteiger partial charge in [-0.3, -0.25) is 9.69 Å². The third-order valence-electron chi connectivity index (χ3n) is 6.08. The molecule has 2 aliphatic rings. The van der Waals surface area contributed by atoms with Gasteiger partial charge in [-0.05, 0) is 30.5 Å². The number of ether oxygens (including phenoxy) is 3. The fourth-order valence-corrected chi connectivity index (χ4v) is 4.21. The maximum atomic E-state index is 12.6. The Morgan fingerprint density at radius 2 is 1.88 bits per heavy atom. The van der Waals surface area contributed by atoms with E-state index < -0.39 is 12.1 Å². The van der Waals surface area contributed by atoms with E-state index in [0.29, 0.717) is 37.7 Å². The number of fused-ring (bicyclic) bond motifs is 1. The van der Waals surface area contributed by atoms with E-state index >= 15 is 0 Å². The van der Waals surface area contributed by atoms with Crippen molar-refractivity contribution >= 4 is 5.91 Å². The number of aliphatic hydroxyl groups excluding tert-OH is 1. The van der Waals surface area contributed by atoms with E-state index in [2.05, 4.69) is 24.1 Å². The highest BCUT2D eigenvalue weighted by molar-refractivity contribution is 5.76. The molecule has 2 heterocycles. The van der Waals surface area contributed by atoms with Crippen molar-refractivity contribution in [2.75, 3.05) is 39.5 Å². The summed E-state index contributed by atoms with van der Waals surface area (Å²) in [5, 5.41) is 14.3. The van der Waals surface area contributed by atoms with Gasteiger partial charge in [0, 0.05) is 32.7 Å². The molecule has 32 heavy (non-hydrogen) atoms. The van der Waals surface area contributed by atoms with Gasteiger partial charge < -0.3 is 24.6 Å². The summed E-state index contributed by atoms with van der Waals surface area (Å²) in [7, 11) is 0. The molecule has 0 unspecified atom stereocenters. The molecule has 2 atom stereocenters. The highest BCUT2D eigenvalue weighted by atomic mass is 16.6. The molecule has 0 aliphatic carbocycles. The largest absolute Gasteiger partial charge is 0.486 e. The molecule has 2 N–H and O–H groups in total. The van der Waals surface area contributed by atoms with Crippen LogP contribution >= 0.6 is 0 Å². The minimum atomic E-state index is -0.828. The Morgan fingerprint density at radius 3 is 2.62 bits per heavy atom. The zero-order valence-electron chi connectivity index (χ0n) is 19.7. The van der Waals surface area contributed by atoms with E-state index in [1.807, 2.05) is 18.2 Å². The predicted molar refractivity (Wildman–Crippen MR) is 124 cm³/mol. The monoisotopic (exact) mass is 448 g/mol. The van der Waals surface area contributed by atoms with Gasteiger partial charge in [0.25, 0.3) is 0 Å². The lowest BCUT2D eigenvalue weighted by molar-refractivity contribution is -0.123. The van der Waals surface area contributed by atoms with E-state index in [4.69, 9.17) is 14.2 Å². The van der Waals surface area contributed by atoms with Crippen molar-refractivity contribution in [2.45, 2.75) is 77.0 Å². The highest BCUT2D eigenvalue weighted by Crippen LogP contribution is 2.33. The molecule has 1 amide bonds. The zero-order valence-corrected chi connectivity index (χ0v) is 19.7. The van der Waals surface area contributed by atoms with Crippen molar-refractivity contribution in [3.63, 3.8) is 0 Å². The van der Waals surface area contributed by atoms with Crippen LogP contribution in [0.15, 0.2) is 18.2 Å². The van der Waals surface area contributed by atoms with Crippen LogP contribution in [0.4, 0.5) is 0 Å². The molecule has 0 spiro atoms. The van der Waals surface area contributed by atoms with Gasteiger partial charge in [-0.25, -0.2) is 0 Å². The molecule has 7 nitrogen and oxygen atoms in total. The average Bonchev–Trinajstić information content (AvgIpc) is 2.78. The summed E-state index contributed by atoms with van der Waals surface area (Å²) < 4.78 is 17.1. The quantitative estimate of drug-likeness (QED) is 0.425. The summed E-state index contributed by atoms with van der Waals surface area (Å²) in [6.07, 6.45) is 6.45. The van der Waals surface area contributed by atoms with Crippen molar-refractivity contribution in [2.24, 2.45) is 0 Å². The second kappa shape index (κ2) is 13.0. The number of nitrogens with one attached hydrogen (secondary N) is 1. The van der Waals surface area contributed by atoms with Crippen molar-refractivity contribution in [3.8, 4) is 11.5 Å². The Hall–Kier alpha value is -1.83. The number of carbonyl (C=O) groups is 1. The molecule has 0 saturated carbocycles. The molecule has 1 aromatic carbocycles. The topological polar surface area (TPSA) is 80.3 Å². The molecular weight excluding hydrogens is 408 g/mol. The Balaban J connectivity index is 1.58. The normalized spacial score (nSPS) is 18.1. The first kappa shape index (κ1) is 24.8. The van der Waals surface area contributed by atoms with E-state index in [1.165, 1.54) is 19.3 Å². The van der Waals surface area contributed by atoms with E-state index in [9.17, 15) is 9.90 Å². The van der Waals surface area contributed by atoms with Crippen LogP contribution < -0.4 is 14.8 Å². The molecule has 0 aromatic heterocycles. The second-order valence-electron chi connectivity index (χ2n) is 8.90. The first-order valence-corrected chi connectivity index (χ1v) is 12.3. The Bertz CT molecular complexity index is 708. The number of amides is 1. The van der Waals surface area contributed by atoms with Crippen LogP contribution in [0.25, 0.3) is 0 Å². The zero-order chi connectivity index (χ0) is 22.8. The molecule has 0 bridgehead atoms. The Morgan fingerprint density at radius 1 is 1.12 bits per heavy atom. The van der Waals surface area contributed by atoms with Crippen molar-refractivity contribution < 1.29 is 24.1 Å². The van der Waals surface area contributed by atoms with Gasteiger partial charge >= 0.3 is 0 Å². The van der Waals surface area contributed by atoms with E-state index in [0.717, 1.165) is 44.5 Å². The molecular formula is C25H40N2O5. The lowest BCUT2D eigenvalue weighted by Crippen LogP contribution is -2.57. The number of aliphatic hydroxyl groups is 1. The van der Waals surface area contributed by atoms with Crippen LogP contribution in [-0.4, -0.2) is 67.5 Å². The van der Waals surface area contributed by atoms with Gasteiger partial charge in [-0.15, -0.1) is 0 Å². The van der Waals surface area contributed by atoms with Crippen LogP contribution in [0.5, 0.6) is 11.5 Å². The molecule has 7 heteroatoms. The van der Waals surface area contributed by atoms with Crippen molar-refractivity contribution in [1.82, 2.24) is 10.2 Å². The maximum Gasteiger partial charge on any atom is 0.220 e. The maximum absolute atomic E-state index is 12.6. The minimum Gasteiger partial charge on any atom is -0.486 e. The number of rotatable bonds is 14. The number of hydrogen-bond acceptors (Lipinski definition) is 6. The number of likely N-dealkylation sites (tertiary alicyclic amines) is 1. The van der Waals surface area contributed by atoms with Gasteiger partial charge in [0.05, 0.1) is 12.1 Å². The smallest absolute Gasteiger partial charge is 0.220 e. The number of nitrogens with zero attached hydrogens (tertiary/aromatic N) is 1. The van der Waals surface area contributed by atoms with E-state index in [1.54, 1.807) is 0 Å². The number of benzene rings is 1. The van der Waals surface area contributed by atoms with Crippen molar-refractivity contribution in [3.05, 3.63) is 23.8 Å². The second-order valence-corrected chi connectivity index (χ2v) is 8.90. The molecule has 3 rings (SSSR count). The summed E-state index contributed by atoms with van der Waals surface area (Å²) in [4.78, 5) is 14.9. The Kier molecular flexibility index (Phi) is 10.1. The van der Waals surface area contributed by atoms with Gasteiger partial charge in [-0.2, -0.15) is 0 Å². The summed E-state index contributed by atoms with van der Waals surface area (Å²) >= 11 is 0. The molecule has 0 radical (unpaired) electrons. The van der Waals surface area contributed by atoms with Crippen LogP contribution in [0.3, 0.4) is 0 Å². The van der Waals surface area contributed by atoms with Crippen molar-refractivity contribution in [1.29, 1.82) is 0 Å². The number of carbonyl (C=O) groups excluding carboxylic acids is 1. The highest BCUT2D eigenvalue weighted by Gasteiger charge is 2.33. The Labute approximate surface area is 192 Å². The third-order valence-corrected chi connectivity index (χ3v) is 6.08. The van der Waals surface area contributed by atoms with Crippen LogP contribution in [0.1, 0.15) is 70.5 Å². The SMILES string of the molecule is CCCCCCCC(=O)N[C@H](CN1CC(OCCC)C1)[C@H](O)c1ccc2c(c1)OCCO2. The molecule has 1 fully saturated rings. The van der Waals surface area contributed by atoms with Crippen LogP contribution in [0, 0.1) is 0 Å². The molecule has 1 aromatic rings. The summed E-state index contributed by atoms with van der Waals surface area (Å²) in [6, 6.07) is 5.11.